The maximum Gasteiger partial charge on any atom is 0.0181 e. The van der Waals surface area contributed by atoms with Gasteiger partial charge in [-0.1, -0.05) is 147 Å². The van der Waals surface area contributed by atoms with Gasteiger partial charge in [0.2, 0.25) is 0 Å². The zero-order valence-corrected chi connectivity index (χ0v) is 42.6. The molecule has 284 valence electrons. The van der Waals surface area contributed by atoms with E-state index < -0.39 is 24.2 Å². The van der Waals surface area contributed by atoms with Gasteiger partial charge in [-0.15, -0.1) is 0 Å². The molecule has 0 saturated carbocycles. The van der Waals surface area contributed by atoms with Gasteiger partial charge in [-0.3, -0.25) is 0 Å². The quantitative estimate of drug-likeness (QED) is 0.254. The summed E-state index contributed by atoms with van der Waals surface area (Å²) in [7, 11) is 0. The van der Waals surface area contributed by atoms with Crippen LogP contribution >= 0.6 is 24.2 Å². The van der Waals surface area contributed by atoms with Crippen molar-refractivity contribution < 1.29 is 0 Å². The average Bonchev–Trinajstić information content (AvgIpc) is 3.68. The van der Waals surface area contributed by atoms with Gasteiger partial charge in [-0.25, -0.2) is 0 Å². The van der Waals surface area contributed by atoms with Crippen molar-refractivity contribution in [3.05, 3.63) is 87.1 Å². The molecule has 0 nitrogen and oxygen atoms in total. The topological polar surface area (TPSA) is 0 Å². The van der Waals surface area contributed by atoms with Crippen LogP contribution in [0.15, 0.2) is 87.1 Å². The molecule has 8 rings (SSSR count). The van der Waals surface area contributed by atoms with Crippen LogP contribution in [-0.2, 0) is 47.2 Å². The lowest BCUT2D eigenvalue weighted by Crippen LogP contribution is -2.24. The van der Waals surface area contributed by atoms with Gasteiger partial charge in [0.15, 0.2) is 0 Å². The smallest absolute Gasteiger partial charge is 0.0181 e. The van der Waals surface area contributed by atoms with Gasteiger partial charge in [0.05, 0.1) is 0 Å². The van der Waals surface area contributed by atoms with E-state index in [4.69, 9.17) is 47.2 Å². The van der Waals surface area contributed by atoms with Gasteiger partial charge in [-0.05, 0) is 126 Å². The van der Waals surface area contributed by atoms with Crippen LogP contribution in [-0.4, -0.2) is 22.6 Å². The predicted octanol–water partition coefficient (Wildman–Crippen LogP) is 15.9. The van der Waals surface area contributed by atoms with Crippen LogP contribution in [0.2, 0.25) is 0 Å². The van der Waals surface area contributed by atoms with E-state index in [1.807, 2.05) is 0 Å². The molecule has 8 aliphatic heterocycles. The molecule has 12 atom stereocenters. The molecular formula is C44H64P4S4. The zero-order valence-electron chi connectivity index (χ0n) is 35.7. The van der Waals surface area contributed by atoms with Crippen molar-refractivity contribution in [2.45, 2.75) is 161 Å². The van der Waals surface area contributed by atoms with Crippen LogP contribution in [0.5, 0.6) is 0 Å². The van der Waals surface area contributed by atoms with Crippen molar-refractivity contribution in [2.75, 3.05) is 0 Å². The normalized spacial score (nSPS) is 50.2. The molecule has 0 fully saturated rings. The zero-order chi connectivity index (χ0) is 39.5. The Bertz CT molecular complexity index is 2040. The Morgan fingerprint density at radius 1 is 0.308 bits per heavy atom. The molecule has 0 aromatic heterocycles. The summed E-state index contributed by atoms with van der Waals surface area (Å²) in [6.45, 7) is 47.7. The first-order chi connectivity index (χ1) is 23.5. The summed E-state index contributed by atoms with van der Waals surface area (Å²) in [6, 6.07) is -6.94. The summed E-state index contributed by atoms with van der Waals surface area (Å²) in [4.78, 5) is 0. The van der Waals surface area contributed by atoms with E-state index in [1.54, 1.807) is 65.8 Å². The van der Waals surface area contributed by atoms with Crippen LogP contribution in [0, 0.1) is 21.7 Å². The highest BCUT2D eigenvalue weighted by molar-refractivity contribution is 8.23. The van der Waals surface area contributed by atoms with E-state index >= 15 is 0 Å². The number of fused-ring (bicyclic) bond motifs is 8. The molecular weight excluding hydrogens is 781 g/mol. The Morgan fingerprint density at radius 3 is 0.558 bits per heavy atom. The first kappa shape index (κ1) is 40.7. The molecule has 4 unspecified atom stereocenters. The summed E-state index contributed by atoms with van der Waals surface area (Å²) < 4.78 is 0. The molecule has 52 heavy (non-hydrogen) atoms. The first-order valence-corrected chi connectivity index (χ1v) is 31.0. The fraction of sp³-hybridized carbons (Fsp3) is 0.636. The van der Waals surface area contributed by atoms with Gasteiger partial charge >= 0.3 is 0 Å². The Hall–Kier alpha value is 0.520. The minimum Gasteiger partial charge on any atom is -0.0876 e. The largest absolute Gasteiger partial charge is 0.0876 e. The Kier molecular flexibility index (Phi) is 8.74. The molecule has 8 bridgehead atoms. The van der Waals surface area contributed by atoms with E-state index in [1.165, 1.54) is 21.3 Å². The third-order valence-corrected chi connectivity index (χ3v) is 45.4. The van der Waals surface area contributed by atoms with Crippen molar-refractivity contribution in [2.24, 2.45) is 21.7 Å². The van der Waals surface area contributed by atoms with Gasteiger partial charge in [-0.2, -0.15) is 0 Å². The lowest BCUT2D eigenvalue weighted by Gasteiger charge is -2.34. The summed E-state index contributed by atoms with van der Waals surface area (Å²) in [5.41, 5.74) is 15.2. The third-order valence-electron chi connectivity index (χ3n) is 19.1. The molecule has 0 aliphatic carbocycles. The maximum atomic E-state index is 6.62. The second-order valence-electron chi connectivity index (χ2n) is 18.9. The molecule has 0 spiro atoms. The highest BCUT2D eigenvalue weighted by Gasteiger charge is 2.67. The Labute approximate surface area is 338 Å². The molecule has 8 heteroatoms. The third kappa shape index (κ3) is 3.64. The molecule has 0 aromatic rings. The maximum absolute atomic E-state index is 6.62. The van der Waals surface area contributed by atoms with E-state index in [2.05, 4.69) is 138 Å². The highest BCUT2D eigenvalue weighted by atomic mass is 32.5. The van der Waals surface area contributed by atoms with Crippen molar-refractivity contribution in [1.29, 1.82) is 0 Å². The van der Waals surface area contributed by atoms with Crippen molar-refractivity contribution >= 4 is 71.4 Å². The minimum absolute atomic E-state index is 0.149. The molecule has 0 amide bonds. The second-order valence-corrected chi connectivity index (χ2v) is 38.6. The van der Waals surface area contributed by atoms with E-state index in [9.17, 15) is 0 Å². The van der Waals surface area contributed by atoms with E-state index in [0.29, 0.717) is 22.6 Å². The number of hydrogen-bond acceptors (Lipinski definition) is 4. The molecule has 0 radical (unpaired) electrons. The minimum atomic E-state index is -1.74. The van der Waals surface area contributed by atoms with Crippen LogP contribution in [0.25, 0.3) is 0 Å². The Balaban J connectivity index is 0.000000162. The lowest BCUT2D eigenvalue weighted by atomic mass is 9.72. The Morgan fingerprint density at radius 2 is 0.442 bits per heavy atom. The van der Waals surface area contributed by atoms with Crippen LogP contribution in [0.1, 0.15) is 138 Å². The molecule has 0 N–H and O–H groups in total. The lowest BCUT2D eigenvalue weighted by molar-refractivity contribution is 0.485. The van der Waals surface area contributed by atoms with Gasteiger partial charge in [0.1, 0.15) is 0 Å². The summed E-state index contributed by atoms with van der Waals surface area (Å²) >= 11 is 26.5. The summed E-state index contributed by atoms with van der Waals surface area (Å²) in [5, 5.41) is 12.4. The summed E-state index contributed by atoms with van der Waals surface area (Å²) in [6.07, 6.45) is 0. The molecule has 8 aliphatic rings. The second kappa shape index (κ2) is 11.2. The van der Waals surface area contributed by atoms with Gasteiger partial charge in [0, 0.05) is 68.4 Å². The van der Waals surface area contributed by atoms with Crippen LogP contribution in [0.4, 0.5) is 0 Å². The fourth-order valence-corrected chi connectivity index (χ4v) is 40.6. The van der Waals surface area contributed by atoms with Crippen molar-refractivity contribution in [3.63, 3.8) is 0 Å². The fourth-order valence-electron chi connectivity index (χ4n) is 13.5. The number of rotatable bonds is 2. The molecule has 0 aromatic carbocycles. The summed E-state index contributed by atoms with van der Waals surface area (Å²) in [5.74, 6) is 0. The predicted molar refractivity (Wildman–Crippen MR) is 252 cm³/mol. The SMILES string of the molecule is CC1=C(C)[P@@]2(=S)C(C3=C(C)[C@@]4(C)C(C)=C(C)[P@]3(=S)C4C)=C(C)[C@]1(C)C2C.CC1=C(C)[P@]2(=S)C(C3=C(C)[C@]4(C)C(C)=C(C)[P@@]3(=S)C4C)=C(C)[C@@]1(C)C2C. The standard InChI is InChI=1S/2C22H32P2S2/c2*1-11-15(5)23(25)17(7)21(11,9)13(3)19(23)20-14(4)22(10)12(2)16(6)24(20,26)18(22)8/h2*17-18H,1-10H3/t2*17?,18?,21-,22-,23+,24+/m10/s1. The van der Waals surface area contributed by atoms with E-state index in [0.717, 1.165) is 0 Å². The van der Waals surface area contributed by atoms with Crippen LogP contribution < -0.4 is 0 Å². The number of allylic oxidation sites excluding steroid dienone is 16. The molecule has 0 saturated heterocycles. The van der Waals surface area contributed by atoms with E-state index in [-0.39, 0.29) is 21.7 Å². The number of hydrogen-bond donors (Lipinski definition) is 0. The van der Waals surface area contributed by atoms with Gasteiger partial charge < -0.3 is 0 Å². The van der Waals surface area contributed by atoms with Crippen molar-refractivity contribution in [3.8, 4) is 0 Å². The average molecular weight is 845 g/mol. The van der Waals surface area contributed by atoms with Crippen LogP contribution in [0.3, 0.4) is 0 Å². The monoisotopic (exact) mass is 844 g/mol. The highest BCUT2D eigenvalue weighted by Crippen LogP contribution is 2.93. The molecule has 8 heterocycles. The van der Waals surface area contributed by atoms with Crippen molar-refractivity contribution in [1.82, 2.24) is 0 Å². The van der Waals surface area contributed by atoms with Gasteiger partial charge in [0.25, 0.3) is 0 Å². The first-order valence-electron chi connectivity index (χ1n) is 19.5.